The largest absolute Gasteiger partial charge is 0.493 e. The Kier molecular flexibility index (Phi) is 6.35. The number of allylic oxidation sites excluding steroid dienone is 1. The molecule has 0 N–H and O–H groups in total. The van der Waals surface area contributed by atoms with E-state index >= 15 is 0 Å². The summed E-state index contributed by atoms with van der Waals surface area (Å²) in [6.07, 6.45) is 9.89. The van der Waals surface area contributed by atoms with Crippen LogP contribution in [0.5, 0.6) is 11.5 Å². The van der Waals surface area contributed by atoms with E-state index in [-0.39, 0.29) is 5.41 Å². The third-order valence-electron chi connectivity index (χ3n) is 9.69. The molecule has 2 aliphatic rings. The predicted molar refractivity (Wildman–Crippen MR) is 180 cm³/mol. The first-order chi connectivity index (χ1) is 22.0. The molecule has 0 spiro atoms. The number of methoxy groups -OCH3 is 2. The van der Waals surface area contributed by atoms with Gasteiger partial charge in [-0.1, -0.05) is 56.3 Å². The Labute approximate surface area is 264 Å². The van der Waals surface area contributed by atoms with Crippen LogP contribution in [0.2, 0.25) is 0 Å². The van der Waals surface area contributed by atoms with Gasteiger partial charge in [-0.15, -0.1) is 9.13 Å². The summed E-state index contributed by atoms with van der Waals surface area (Å²) in [6.45, 7) is 5.41. The second-order valence-corrected chi connectivity index (χ2v) is 12.5. The highest BCUT2D eigenvalue weighted by Gasteiger charge is 2.39. The van der Waals surface area contributed by atoms with Crippen LogP contribution in [0.1, 0.15) is 36.1 Å². The highest BCUT2D eigenvalue weighted by atomic mass is 16.5. The van der Waals surface area contributed by atoms with E-state index in [4.69, 9.17) is 9.47 Å². The van der Waals surface area contributed by atoms with Gasteiger partial charge < -0.3 is 9.47 Å². The molecule has 45 heavy (non-hydrogen) atoms. The molecule has 0 saturated heterocycles. The zero-order valence-electron chi connectivity index (χ0n) is 26.2. The maximum Gasteiger partial charge on any atom is 0.344 e. The highest BCUT2D eigenvalue weighted by Crippen LogP contribution is 2.53. The van der Waals surface area contributed by atoms with E-state index in [0.29, 0.717) is 6.67 Å². The molecule has 2 aromatic heterocycles. The molecular weight excluding hydrogens is 552 g/mol. The summed E-state index contributed by atoms with van der Waals surface area (Å²) in [7, 11) is 3.40. The van der Waals surface area contributed by atoms with Gasteiger partial charge in [-0.3, -0.25) is 0 Å². The summed E-state index contributed by atoms with van der Waals surface area (Å²) in [5.74, 6) is 1.50. The van der Waals surface area contributed by atoms with Crippen LogP contribution in [0.15, 0.2) is 116 Å². The first-order valence-electron chi connectivity index (χ1n) is 15.6. The molecule has 0 fully saturated rings. The van der Waals surface area contributed by atoms with Gasteiger partial charge in [0.25, 0.3) is 0 Å². The van der Waals surface area contributed by atoms with Gasteiger partial charge in [0, 0.05) is 35.2 Å². The monoisotopic (exact) mass is 588 g/mol. The van der Waals surface area contributed by atoms with Crippen molar-refractivity contribution in [3.8, 4) is 45.1 Å². The summed E-state index contributed by atoms with van der Waals surface area (Å²) in [5, 5.41) is 2.36. The molecule has 6 aromatic rings. The fourth-order valence-corrected chi connectivity index (χ4v) is 7.51. The minimum Gasteiger partial charge on any atom is -0.493 e. The van der Waals surface area contributed by atoms with Crippen molar-refractivity contribution in [3.05, 3.63) is 138 Å². The summed E-state index contributed by atoms with van der Waals surface area (Å²) in [6, 6.07) is 35.4. The van der Waals surface area contributed by atoms with Gasteiger partial charge in [-0.25, -0.2) is 0 Å². The molecule has 4 heteroatoms. The molecule has 3 heterocycles. The zero-order valence-corrected chi connectivity index (χ0v) is 26.2. The van der Waals surface area contributed by atoms with Crippen LogP contribution < -0.4 is 18.6 Å². The third kappa shape index (κ3) is 4.27. The van der Waals surface area contributed by atoms with Crippen molar-refractivity contribution in [3.63, 3.8) is 0 Å². The molecule has 4 nitrogen and oxygen atoms in total. The van der Waals surface area contributed by atoms with Crippen LogP contribution in [-0.4, -0.2) is 14.2 Å². The fourth-order valence-electron chi connectivity index (χ4n) is 7.51. The lowest BCUT2D eigenvalue weighted by molar-refractivity contribution is -0.903. The topological polar surface area (TPSA) is 26.2 Å². The molecule has 4 aromatic carbocycles. The lowest BCUT2D eigenvalue weighted by Gasteiger charge is -2.24. The molecule has 0 atom stereocenters. The van der Waals surface area contributed by atoms with E-state index in [9.17, 15) is 0 Å². The molecule has 0 bridgehead atoms. The molecule has 220 valence electrons. The molecule has 0 unspecified atom stereocenters. The van der Waals surface area contributed by atoms with Crippen LogP contribution in [0.25, 0.3) is 50.5 Å². The number of ether oxygens (including phenoxy) is 2. The quantitative estimate of drug-likeness (QED) is 0.191. The SMILES string of the molecule is COc1cc2ccc3c(c2cc1OC)C(C)(C)c1cc2c(cc1-3)/C=C/Cc1ccccc1-c1cccc[n+]1C[n+]1ccccc1-2. The number of hydrogen-bond donors (Lipinski definition) is 0. The standard InChI is InChI=1S/C41H36N2O2/c1-41(2)35-24-32-28(22-34(35)31-19-18-29-23-38(44-3)39(45-4)25-33(29)40(31)41)14-11-13-27-12-5-6-15-30(27)36-16-7-9-20-42(36)26-43-21-10-8-17-37(32)43/h5-12,14-25H,13,26H2,1-4H3/q+2/b14-11+. The van der Waals surface area contributed by atoms with Gasteiger partial charge >= 0.3 is 6.67 Å². The summed E-state index contributed by atoms with van der Waals surface area (Å²) in [5.41, 5.74) is 12.5. The first kappa shape index (κ1) is 27.3. The molecule has 0 saturated carbocycles. The van der Waals surface area contributed by atoms with Crippen LogP contribution in [0.4, 0.5) is 0 Å². The number of nitrogens with zero attached hydrogens (tertiary/aromatic N) is 2. The number of rotatable bonds is 2. The Balaban J connectivity index is 1.38. The highest BCUT2D eigenvalue weighted by molar-refractivity contribution is 6.00. The van der Waals surface area contributed by atoms with Gasteiger partial charge in [0.05, 0.1) is 19.8 Å². The van der Waals surface area contributed by atoms with Gasteiger partial charge in [-0.05, 0) is 93.0 Å². The number of aromatic nitrogens is 2. The molecule has 0 amide bonds. The number of pyridine rings is 2. The van der Waals surface area contributed by atoms with E-state index in [0.717, 1.165) is 23.3 Å². The van der Waals surface area contributed by atoms with Gasteiger partial charge in [0.15, 0.2) is 23.9 Å². The third-order valence-corrected chi connectivity index (χ3v) is 9.69. The van der Waals surface area contributed by atoms with E-state index in [2.05, 4.69) is 145 Å². The van der Waals surface area contributed by atoms with Crippen LogP contribution in [0.3, 0.4) is 0 Å². The molecule has 0 radical (unpaired) electrons. The number of hydrogen-bond acceptors (Lipinski definition) is 2. The fraction of sp³-hybridized carbons (Fsp3) is 0.171. The van der Waals surface area contributed by atoms with Crippen molar-refractivity contribution in [1.29, 1.82) is 0 Å². The van der Waals surface area contributed by atoms with Crippen molar-refractivity contribution >= 4 is 16.8 Å². The van der Waals surface area contributed by atoms with Crippen molar-refractivity contribution in [1.82, 2.24) is 0 Å². The van der Waals surface area contributed by atoms with Crippen molar-refractivity contribution < 1.29 is 18.6 Å². The van der Waals surface area contributed by atoms with Crippen LogP contribution in [-0.2, 0) is 18.5 Å². The van der Waals surface area contributed by atoms with Crippen molar-refractivity contribution in [2.24, 2.45) is 0 Å². The van der Waals surface area contributed by atoms with Crippen molar-refractivity contribution in [2.75, 3.05) is 14.2 Å². The second-order valence-electron chi connectivity index (χ2n) is 12.5. The normalized spacial score (nSPS) is 14.8. The predicted octanol–water partition coefficient (Wildman–Crippen LogP) is 8.15. The maximum absolute atomic E-state index is 5.75. The first-order valence-corrected chi connectivity index (χ1v) is 15.6. The molecule has 1 aliphatic heterocycles. The number of benzene rings is 4. The van der Waals surface area contributed by atoms with E-state index in [1.807, 2.05) is 0 Å². The summed E-state index contributed by atoms with van der Waals surface area (Å²) < 4.78 is 16.1. The van der Waals surface area contributed by atoms with E-state index < -0.39 is 0 Å². The van der Waals surface area contributed by atoms with E-state index in [1.165, 1.54) is 61.3 Å². The Bertz CT molecular complexity index is 2180. The maximum atomic E-state index is 5.75. The summed E-state index contributed by atoms with van der Waals surface area (Å²) >= 11 is 0. The zero-order chi connectivity index (χ0) is 30.7. The minimum atomic E-state index is -0.216. The Morgan fingerprint density at radius 2 is 1.33 bits per heavy atom. The smallest absolute Gasteiger partial charge is 0.344 e. The van der Waals surface area contributed by atoms with Crippen molar-refractivity contribution in [2.45, 2.75) is 32.4 Å². The molecular formula is C41H36N2O2+2. The van der Waals surface area contributed by atoms with Crippen LogP contribution in [0, 0.1) is 0 Å². The van der Waals surface area contributed by atoms with Crippen LogP contribution >= 0.6 is 0 Å². The molecule has 8 rings (SSSR count). The molecule has 1 aliphatic carbocycles. The lowest BCUT2D eigenvalue weighted by Crippen LogP contribution is -2.53. The Morgan fingerprint density at radius 1 is 0.644 bits per heavy atom. The number of fused-ring (bicyclic) bond motifs is 11. The van der Waals surface area contributed by atoms with Gasteiger partial charge in [0.2, 0.25) is 11.4 Å². The average Bonchev–Trinajstić information content (AvgIpc) is 3.29. The van der Waals surface area contributed by atoms with Gasteiger partial charge in [-0.2, -0.15) is 0 Å². The lowest BCUT2D eigenvalue weighted by atomic mass is 9.79. The van der Waals surface area contributed by atoms with E-state index in [1.54, 1.807) is 14.2 Å². The van der Waals surface area contributed by atoms with Gasteiger partial charge in [0.1, 0.15) is 0 Å². The summed E-state index contributed by atoms with van der Waals surface area (Å²) in [4.78, 5) is 0. The Morgan fingerprint density at radius 3 is 2.09 bits per heavy atom. The Hall–Kier alpha value is -5.22. The minimum absolute atomic E-state index is 0.216. The second kappa shape index (κ2) is 10.4. The average molecular weight is 589 g/mol.